The van der Waals surface area contributed by atoms with Crippen molar-refractivity contribution in [2.24, 2.45) is 5.73 Å². The van der Waals surface area contributed by atoms with Crippen LogP contribution in [0, 0.1) is 0 Å². The Morgan fingerprint density at radius 2 is 1.78 bits per heavy atom. The molecular weight excluding hydrogens is 514 g/mol. The Hall–Kier alpha value is -3.76. The summed E-state index contributed by atoms with van der Waals surface area (Å²) < 4.78 is 5.73. The fourth-order valence-electron chi connectivity index (χ4n) is 3.96. The Balaban J connectivity index is 1.54. The van der Waals surface area contributed by atoms with Crippen LogP contribution >= 0.6 is 22.9 Å². The predicted molar refractivity (Wildman–Crippen MR) is 148 cm³/mol. The highest BCUT2D eigenvalue weighted by atomic mass is 35.5. The average molecular weight is 542 g/mol. The minimum absolute atomic E-state index is 0.239. The lowest BCUT2D eigenvalue weighted by molar-refractivity contribution is 0.0134. The van der Waals surface area contributed by atoms with Crippen molar-refractivity contribution >= 4 is 58.0 Å². The number of esters is 1. The molecule has 2 heterocycles. The molecule has 1 aliphatic rings. The van der Waals surface area contributed by atoms with Gasteiger partial charge in [-0.05, 0) is 60.9 Å². The lowest BCUT2D eigenvalue weighted by Crippen LogP contribution is -2.46. The third kappa shape index (κ3) is 6.72. The van der Waals surface area contributed by atoms with Crippen LogP contribution in [0.25, 0.3) is 10.4 Å². The molecule has 1 atom stereocenters. The van der Waals surface area contributed by atoms with Crippen molar-refractivity contribution in [3.05, 3.63) is 64.5 Å². The highest BCUT2D eigenvalue weighted by Gasteiger charge is 2.28. The molecular formula is C26H28ClN5O4S. The standard InChI is InChI=1S/C26H28ClN5O4S/c1-31(2)19-11-9-18(10-12-19)29-26(35)30-21-14-22(16-5-7-17(27)8-6-16)37-23(21)24(33)36-20-4-3-13-32(15-20)25(28)34/h5-12,14,20H,3-4,13,15H2,1-2H3,(H2,28,34)(H2,29,30,35). The monoisotopic (exact) mass is 541 g/mol. The predicted octanol–water partition coefficient (Wildman–Crippen LogP) is 5.48. The van der Waals surface area contributed by atoms with Gasteiger partial charge < -0.3 is 30.9 Å². The van der Waals surface area contributed by atoms with E-state index in [1.54, 1.807) is 30.3 Å². The number of rotatable bonds is 6. The maximum absolute atomic E-state index is 13.2. The summed E-state index contributed by atoms with van der Waals surface area (Å²) in [6.45, 7) is 0.772. The molecule has 0 aliphatic carbocycles. The van der Waals surface area contributed by atoms with E-state index in [9.17, 15) is 14.4 Å². The quantitative estimate of drug-likeness (QED) is 0.357. The summed E-state index contributed by atoms with van der Waals surface area (Å²) in [4.78, 5) is 42.0. The van der Waals surface area contributed by atoms with Crippen LogP contribution in [0.3, 0.4) is 0 Å². The highest BCUT2D eigenvalue weighted by Crippen LogP contribution is 2.36. The number of primary amides is 1. The third-order valence-electron chi connectivity index (χ3n) is 5.90. The molecule has 1 aromatic heterocycles. The first-order chi connectivity index (χ1) is 17.7. The summed E-state index contributed by atoms with van der Waals surface area (Å²) >= 11 is 7.23. The molecule has 0 saturated carbocycles. The van der Waals surface area contributed by atoms with Crippen LogP contribution < -0.4 is 21.3 Å². The SMILES string of the molecule is CN(C)c1ccc(NC(=O)Nc2cc(-c3ccc(Cl)cc3)sc2C(=O)OC2CCCN(C(N)=O)C2)cc1. The molecule has 1 fully saturated rings. The van der Waals surface area contributed by atoms with Crippen molar-refractivity contribution < 1.29 is 19.1 Å². The number of thiophene rings is 1. The van der Waals surface area contributed by atoms with E-state index in [2.05, 4.69) is 10.6 Å². The van der Waals surface area contributed by atoms with E-state index in [4.69, 9.17) is 22.1 Å². The number of benzene rings is 2. The van der Waals surface area contributed by atoms with Crippen molar-refractivity contribution in [3.8, 4) is 10.4 Å². The van der Waals surface area contributed by atoms with Crippen molar-refractivity contribution in [1.29, 1.82) is 0 Å². The van der Waals surface area contributed by atoms with Gasteiger partial charge in [-0.15, -0.1) is 11.3 Å². The zero-order valence-corrected chi connectivity index (χ0v) is 22.1. The van der Waals surface area contributed by atoms with Gasteiger partial charge >= 0.3 is 18.0 Å². The molecule has 194 valence electrons. The zero-order valence-electron chi connectivity index (χ0n) is 20.5. The van der Waals surface area contributed by atoms with E-state index in [1.165, 1.54) is 16.2 Å². The van der Waals surface area contributed by atoms with Crippen molar-refractivity contribution in [3.63, 3.8) is 0 Å². The second-order valence-electron chi connectivity index (χ2n) is 8.83. The van der Waals surface area contributed by atoms with Crippen LogP contribution in [0.15, 0.2) is 54.6 Å². The van der Waals surface area contributed by atoms with Crippen LogP contribution in [0.1, 0.15) is 22.5 Å². The third-order valence-corrected chi connectivity index (χ3v) is 7.32. The van der Waals surface area contributed by atoms with Gasteiger partial charge in [-0.2, -0.15) is 0 Å². The number of hydrogen-bond acceptors (Lipinski definition) is 6. The number of amides is 4. The molecule has 0 radical (unpaired) electrons. The highest BCUT2D eigenvalue weighted by molar-refractivity contribution is 7.18. The summed E-state index contributed by atoms with van der Waals surface area (Å²) in [5.41, 5.74) is 8.17. The minimum atomic E-state index is -0.577. The number of hydrogen-bond donors (Lipinski definition) is 3. The first-order valence-electron chi connectivity index (χ1n) is 11.7. The van der Waals surface area contributed by atoms with Crippen molar-refractivity contribution in [2.75, 3.05) is 42.7 Å². The van der Waals surface area contributed by atoms with Gasteiger partial charge in [0.2, 0.25) is 0 Å². The molecule has 0 bridgehead atoms. The molecule has 37 heavy (non-hydrogen) atoms. The molecule has 4 N–H and O–H groups in total. The van der Waals surface area contributed by atoms with Gasteiger partial charge in [-0.25, -0.2) is 14.4 Å². The molecule has 1 aliphatic heterocycles. The molecule has 11 heteroatoms. The summed E-state index contributed by atoms with van der Waals surface area (Å²) in [7, 11) is 3.87. The van der Waals surface area contributed by atoms with Crippen molar-refractivity contribution in [1.82, 2.24) is 4.90 Å². The summed E-state index contributed by atoms with van der Waals surface area (Å²) in [6, 6.07) is 15.3. The van der Waals surface area contributed by atoms with Gasteiger partial charge in [0.05, 0.1) is 12.2 Å². The van der Waals surface area contributed by atoms with E-state index in [-0.39, 0.29) is 11.4 Å². The van der Waals surface area contributed by atoms with Gasteiger partial charge in [0.1, 0.15) is 11.0 Å². The van der Waals surface area contributed by atoms with Gasteiger partial charge in [0.15, 0.2) is 0 Å². The Bertz CT molecular complexity index is 1280. The van der Waals surface area contributed by atoms with E-state index in [0.717, 1.165) is 16.1 Å². The number of carbonyl (C=O) groups is 3. The first kappa shape index (κ1) is 26.3. The molecule has 2 aromatic carbocycles. The Morgan fingerprint density at radius 1 is 1.08 bits per heavy atom. The van der Waals surface area contributed by atoms with E-state index < -0.39 is 24.1 Å². The lowest BCUT2D eigenvalue weighted by atomic mass is 10.1. The number of urea groups is 2. The van der Waals surface area contributed by atoms with Crippen LogP contribution in [0.2, 0.25) is 5.02 Å². The smallest absolute Gasteiger partial charge is 0.350 e. The van der Waals surface area contributed by atoms with Crippen LogP contribution in [0.4, 0.5) is 26.7 Å². The fourth-order valence-corrected chi connectivity index (χ4v) is 5.09. The van der Waals surface area contributed by atoms with Crippen LogP contribution in [-0.4, -0.2) is 56.2 Å². The number of nitrogens with zero attached hydrogens (tertiary/aromatic N) is 2. The second kappa shape index (κ2) is 11.5. The zero-order chi connectivity index (χ0) is 26.5. The van der Waals surface area contributed by atoms with Gasteiger partial charge in [-0.3, -0.25) is 0 Å². The Kier molecular flexibility index (Phi) is 8.20. The van der Waals surface area contributed by atoms with E-state index in [1.807, 2.05) is 43.3 Å². The average Bonchev–Trinajstić information content (AvgIpc) is 3.28. The number of likely N-dealkylation sites (tertiary alicyclic amines) is 1. The maximum atomic E-state index is 13.2. The number of nitrogens with two attached hydrogens (primary N) is 1. The molecule has 9 nitrogen and oxygen atoms in total. The van der Waals surface area contributed by atoms with Gasteiger partial charge in [0.25, 0.3) is 0 Å². The number of nitrogens with one attached hydrogen (secondary N) is 2. The van der Waals surface area contributed by atoms with Crippen LogP contribution in [0.5, 0.6) is 0 Å². The molecule has 4 rings (SSSR count). The van der Waals surface area contributed by atoms with Crippen LogP contribution in [-0.2, 0) is 4.74 Å². The Morgan fingerprint density at radius 3 is 2.43 bits per heavy atom. The molecule has 1 unspecified atom stereocenters. The van der Waals surface area contributed by atoms with Crippen molar-refractivity contribution in [2.45, 2.75) is 18.9 Å². The molecule has 3 aromatic rings. The Labute approximate surface area is 224 Å². The number of ether oxygens (including phenoxy) is 1. The maximum Gasteiger partial charge on any atom is 0.350 e. The van der Waals surface area contributed by atoms with Gasteiger partial charge in [-0.1, -0.05) is 23.7 Å². The molecule has 0 spiro atoms. The van der Waals surface area contributed by atoms with Gasteiger partial charge in [0, 0.05) is 41.9 Å². The molecule has 1 saturated heterocycles. The normalized spacial score (nSPS) is 15.1. The number of piperidine rings is 1. The summed E-state index contributed by atoms with van der Waals surface area (Å²) in [5, 5.41) is 6.16. The largest absolute Gasteiger partial charge is 0.456 e. The number of halogens is 1. The number of carbonyl (C=O) groups excluding carboxylic acids is 3. The topological polar surface area (TPSA) is 117 Å². The van der Waals surface area contributed by atoms with E-state index >= 15 is 0 Å². The molecule has 4 amide bonds. The van der Waals surface area contributed by atoms with E-state index in [0.29, 0.717) is 35.8 Å². The second-order valence-corrected chi connectivity index (χ2v) is 10.3. The number of anilines is 3. The minimum Gasteiger partial charge on any atom is -0.456 e. The lowest BCUT2D eigenvalue weighted by Gasteiger charge is -2.31. The summed E-state index contributed by atoms with van der Waals surface area (Å²) in [5.74, 6) is -0.577. The first-order valence-corrected chi connectivity index (χ1v) is 12.9. The fraction of sp³-hybridized carbons (Fsp3) is 0.269. The summed E-state index contributed by atoms with van der Waals surface area (Å²) in [6.07, 6.45) is 0.824.